The number of nitrogens with zero attached hydrogens (tertiary/aromatic N) is 2. The molecule has 3 heterocycles. The fourth-order valence-electron chi connectivity index (χ4n) is 6.11. The number of aromatic nitrogens is 1. The Bertz CT molecular complexity index is 1740. The molecule has 0 spiro atoms. The molecule has 260 valence electrons. The lowest BCUT2D eigenvalue weighted by Gasteiger charge is -2.29. The summed E-state index contributed by atoms with van der Waals surface area (Å²) in [5.41, 5.74) is 2.79. The van der Waals surface area contributed by atoms with Crippen LogP contribution in [-0.2, 0) is 22.5 Å². The molecular weight excluding hydrogens is 689 g/mol. The van der Waals surface area contributed by atoms with Gasteiger partial charge in [-0.2, -0.15) is 0 Å². The number of thiophene rings is 1. The molecule has 1 unspecified atom stereocenters. The molecule has 5 rings (SSSR count). The summed E-state index contributed by atoms with van der Waals surface area (Å²) in [6, 6.07) is 16.6. The van der Waals surface area contributed by atoms with Gasteiger partial charge in [-0.15, -0.1) is 11.3 Å². The number of methoxy groups -OCH3 is 2. The van der Waals surface area contributed by atoms with Crippen LogP contribution in [0.15, 0.2) is 67.0 Å². The molecule has 0 bridgehead atoms. The molecule has 1 saturated heterocycles. The highest BCUT2D eigenvalue weighted by Crippen LogP contribution is 2.41. The van der Waals surface area contributed by atoms with Crippen molar-refractivity contribution in [2.45, 2.75) is 50.3 Å². The van der Waals surface area contributed by atoms with Gasteiger partial charge in [0.2, 0.25) is 12.4 Å². The van der Waals surface area contributed by atoms with Gasteiger partial charge in [-0.3, -0.25) is 10.0 Å². The summed E-state index contributed by atoms with van der Waals surface area (Å²) in [4.78, 5) is 29.0. The summed E-state index contributed by atoms with van der Waals surface area (Å²) >= 11 is 14.3. The number of rotatable bonds is 14. The van der Waals surface area contributed by atoms with Crippen molar-refractivity contribution in [2.24, 2.45) is 0 Å². The molecule has 13 heteroatoms. The van der Waals surface area contributed by atoms with Crippen LogP contribution >= 0.6 is 34.5 Å². The van der Waals surface area contributed by atoms with E-state index < -0.39 is 11.9 Å². The first-order valence-electron chi connectivity index (χ1n) is 15.9. The SMILES string of the molecule is COc1ccc([C@H](Cc2c(Cl)c[n+](O)cc2Cl)c2cc(CNC(CC(=O)OC3CCN(C)CC3)c3ccccc3)sc2C(=O)O)cc1OC. The second-order valence-electron chi connectivity index (χ2n) is 12.0. The minimum Gasteiger partial charge on any atom is -0.493 e. The molecule has 0 saturated carbocycles. The third kappa shape index (κ3) is 9.23. The van der Waals surface area contributed by atoms with E-state index in [1.54, 1.807) is 13.2 Å². The van der Waals surface area contributed by atoms with Crippen LogP contribution in [-0.4, -0.2) is 67.6 Å². The summed E-state index contributed by atoms with van der Waals surface area (Å²) in [6.45, 7) is 2.08. The lowest BCUT2D eigenvalue weighted by molar-refractivity contribution is -0.904. The zero-order valence-electron chi connectivity index (χ0n) is 27.5. The third-order valence-electron chi connectivity index (χ3n) is 8.73. The normalized spacial score (nSPS) is 15.0. The smallest absolute Gasteiger partial charge is 0.346 e. The predicted octanol–water partition coefficient (Wildman–Crippen LogP) is 6.53. The van der Waals surface area contributed by atoms with Crippen molar-refractivity contribution in [3.8, 4) is 11.5 Å². The highest BCUT2D eigenvalue weighted by Gasteiger charge is 2.29. The van der Waals surface area contributed by atoms with Crippen molar-refractivity contribution in [1.29, 1.82) is 0 Å². The maximum Gasteiger partial charge on any atom is 0.346 e. The van der Waals surface area contributed by atoms with Crippen molar-refractivity contribution in [3.63, 3.8) is 0 Å². The summed E-state index contributed by atoms with van der Waals surface area (Å²) in [6.07, 6.45) is 4.54. The van der Waals surface area contributed by atoms with Gasteiger partial charge < -0.3 is 29.5 Å². The average molecular weight is 730 g/mol. The summed E-state index contributed by atoms with van der Waals surface area (Å²) in [7, 11) is 5.14. The van der Waals surface area contributed by atoms with Gasteiger partial charge in [0.05, 0.1) is 20.6 Å². The number of carboxylic acids is 1. The Balaban J connectivity index is 1.45. The number of aromatic carboxylic acids is 1. The number of ether oxygens (including phenoxy) is 3. The summed E-state index contributed by atoms with van der Waals surface area (Å²) in [5.74, 6) is -0.859. The number of hydrogen-bond donors (Lipinski definition) is 3. The number of esters is 1. The van der Waals surface area contributed by atoms with Gasteiger partial charge in [0.1, 0.15) is 21.0 Å². The third-order valence-corrected chi connectivity index (χ3v) is 10.5. The Kier molecular flexibility index (Phi) is 12.4. The number of halogens is 2. The molecule has 49 heavy (non-hydrogen) atoms. The van der Waals surface area contributed by atoms with Gasteiger partial charge in [-0.25, -0.2) is 4.79 Å². The first-order chi connectivity index (χ1) is 23.6. The Morgan fingerprint density at radius 2 is 1.67 bits per heavy atom. The second kappa shape index (κ2) is 16.7. The first-order valence-corrected chi connectivity index (χ1v) is 17.5. The topological polar surface area (TPSA) is 121 Å². The van der Waals surface area contributed by atoms with Crippen LogP contribution in [0, 0.1) is 0 Å². The fraction of sp³-hybridized carbons (Fsp3) is 0.361. The van der Waals surface area contributed by atoms with E-state index in [1.807, 2.05) is 48.5 Å². The van der Waals surface area contributed by atoms with Crippen LogP contribution < -0.4 is 19.5 Å². The van der Waals surface area contributed by atoms with Gasteiger partial charge >= 0.3 is 11.9 Å². The molecule has 0 aliphatic carbocycles. The lowest BCUT2D eigenvalue weighted by atomic mass is 9.85. The number of pyridine rings is 1. The van der Waals surface area contributed by atoms with E-state index in [2.05, 4.69) is 17.3 Å². The molecule has 0 amide bonds. The van der Waals surface area contributed by atoms with E-state index in [0.717, 1.165) is 46.7 Å². The molecule has 3 N–H and O–H groups in total. The zero-order chi connectivity index (χ0) is 35.1. The molecular formula is C36H40Cl2N3O7S+. The number of carbonyl (C=O) groups excluding carboxylic acids is 1. The average Bonchev–Trinajstić information content (AvgIpc) is 3.52. The van der Waals surface area contributed by atoms with Gasteiger partial charge in [0, 0.05) is 46.8 Å². The molecule has 2 aromatic heterocycles. The van der Waals surface area contributed by atoms with Crippen molar-refractivity contribution in [2.75, 3.05) is 34.4 Å². The molecule has 1 aliphatic rings. The second-order valence-corrected chi connectivity index (χ2v) is 14.0. The molecule has 10 nitrogen and oxygen atoms in total. The summed E-state index contributed by atoms with van der Waals surface area (Å²) in [5, 5.41) is 24.3. The van der Waals surface area contributed by atoms with Crippen LogP contribution in [0.1, 0.15) is 68.0 Å². The van der Waals surface area contributed by atoms with Gasteiger partial charge in [0.25, 0.3) is 0 Å². The molecule has 2 atom stereocenters. The Hall–Kier alpha value is -3.87. The Morgan fingerprint density at radius 3 is 2.31 bits per heavy atom. The van der Waals surface area contributed by atoms with E-state index in [-0.39, 0.29) is 45.9 Å². The van der Waals surface area contributed by atoms with Crippen molar-refractivity contribution in [1.82, 2.24) is 10.2 Å². The van der Waals surface area contributed by atoms with Crippen LogP contribution in [0.5, 0.6) is 11.5 Å². The molecule has 1 fully saturated rings. The number of nitrogens with one attached hydrogen (secondary N) is 1. The van der Waals surface area contributed by atoms with Crippen LogP contribution in [0.3, 0.4) is 0 Å². The molecule has 1 aliphatic heterocycles. The van der Waals surface area contributed by atoms with E-state index in [4.69, 9.17) is 37.4 Å². The monoisotopic (exact) mass is 728 g/mol. The fourth-order valence-corrected chi connectivity index (χ4v) is 7.72. The van der Waals surface area contributed by atoms with Crippen LogP contribution in [0.25, 0.3) is 0 Å². The minimum atomic E-state index is -1.07. The van der Waals surface area contributed by atoms with Gasteiger partial charge in [0.15, 0.2) is 11.5 Å². The number of carbonyl (C=O) groups is 2. The largest absolute Gasteiger partial charge is 0.493 e. The van der Waals surface area contributed by atoms with E-state index in [9.17, 15) is 19.9 Å². The van der Waals surface area contributed by atoms with Crippen molar-refractivity contribution >= 4 is 46.5 Å². The van der Waals surface area contributed by atoms with E-state index in [1.165, 1.54) is 30.8 Å². The number of likely N-dealkylation sites (tertiary alicyclic amines) is 1. The summed E-state index contributed by atoms with van der Waals surface area (Å²) < 4.78 is 17.7. The van der Waals surface area contributed by atoms with Gasteiger partial charge in [-0.1, -0.05) is 59.6 Å². The van der Waals surface area contributed by atoms with E-state index >= 15 is 0 Å². The first kappa shape index (κ1) is 36.4. The lowest BCUT2D eigenvalue weighted by Crippen LogP contribution is -2.36. The minimum absolute atomic E-state index is 0.0965. The van der Waals surface area contributed by atoms with Gasteiger partial charge in [-0.05, 0) is 61.2 Å². The number of benzene rings is 2. The van der Waals surface area contributed by atoms with Crippen LogP contribution in [0.4, 0.5) is 0 Å². The highest BCUT2D eigenvalue weighted by atomic mass is 35.5. The number of piperidine rings is 1. The van der Waals surface area contributed by atoms with Crippen molar-refractivity contribution in [3.05, 3.63) is 109 Å². The maximum absolute atomic E-state index is 13.1. The van der Waals surface area contributed by atoms with Crippen molar-refractivity contribution < 1.29 is 38.8 Å². The zero-order valence-corrected chi connectivity index (χ0v) is 29.9. The molecule has 2 aromatic carbocycles. The van der Waals surface area contributed by atoms with E-state index in [0.29, 0.717) is 29.2 Å². The molecule has 0 radical (unpaired) electrons. The maximum atomic E-state index is 13.1. The Morgan fingerprint density at radius 1 is 1.00 bits per heavy atom. The molecule has 4 aromatic rings. The number of carboxylic acid groups (broad SMARTS) is 1. The highest BCUT2D eigenvalue weighted by molar-refractivity contribution is 7.14. The standard InChI is InChI=1S/C36H39Cl2N3O7S/c1-40-13-11-24(12-14-40)48-34(42)18-31(22-7-5-4-6-8-22)39-19-25-16-27(35(49-25)36(43)44)26(17-28-29(37)20-41(45)21-30(28)38)23-9-10-32(46-2)33(15-23)47-3/h4-10,15-16,20-21,24,26,31,39H,11-14,17-19H2,1-3H3,(H-,43,44,45)/p+1/t26-,31?/m0/s1. The predicted molar refractivity (Wildman–Crippen MR) is 187 cm³/mol. The van der Waals surface area contributed by atoms with Crippen LogP contribution in [0.2, 0.25) is 10.0 Å². The quantitative estimate of drug-likeness (QED) is 0.0756. The number of hydrogen-bond acceptors (Lipinski definition) is 9. The Labute approximate surface area is 299 Å².